The van der Waals surface area contributed by atoms with E-state index in [1.165, 1.54) is 0 Å². The second kappa shape index (κ2) is 7.84. The molecule has 2 heterocycles. The van der Waals surface area contributed by atoms with Gasteiger partial charge in [-0.05, 0) is 43.2 Å². The summed E-state index contributed by atoms with van der Waals surface area (Å²) in [4.78, 5) is 24.9. The lowest BCUT2D eigenvalue weighted by atomic mass is 10.2. The molecule has 2 aromatic carbocycles. The predicted molar refractivity (Wildman–Crippen MR) is 109 cm³/mol. The van der Waals surface area contributed by atoms with Crippen molar-refractivity contribution in [2.45, 2.75) is 39.5 Å². The summed E-state index contributed by atoms with van der Waals surface area (Å²) in [7, 11) is 0. The second-order valence-corrected chi connectivity index (χ2v) is 7.05. The van der Waals surface area contributed by atoms with Crippen molar-refractivity contribution in [3.8, 4) is 0 Å². The molecule has 0 bridgehead atoms. The molecule has 0 spiro atoms. The van der Waals surface area contributed by atoms with Gasteiger partial charge >= 0.3 is 0 Å². The quantitative estimate of drug-likeness (QED) is 0.503. The highest BCUT2D eigenvalue weighted by molar-refractivity contribution is 5.97. The average Bonchev–Trinajstić information content (AvgIpc) is 3.29. The van der Waals surface area contributed by atoms with E-state index in [1.807, 2.05) is 31.2 Å². The number of para-hydroxylation sites is 1. The fraction of sp³-hybridized carbons (Fsp3) is 0.318. The molecule has 0 saturated carbocycles. The Morgan fingerprint density at radius 3 is 2.89 bits per heavy atom. The van der Waals surface area contributed by atoms with E-state index < -0.39 is 0 Å². The molecule has 0 aliphatic carbocycles. The molecule has 4 rings (SSSR count). The van der Waals surface area contributed by atoms with E-state index in [4.69, 9.17) is 4.42 Å². The number of nitrogens with zero attached hydrogens (tertiary/aromatic N) is 2. The van der Waals surface area contributed by atoms with Crippen LogP contribution in [0, 0.1) is 6.92 Å². The van der Waals surface area contributed by atoms with Crippen LogP contribution in [0.3, 0.4) is 0 Å². The molecule has 2 aromatic heterocycles. The lowest BCUT2D eigenvalue weighted by Gasteiger charge is -2.03. The van der Waals surface area contributed by atoms with Crippen LogP contribution in [0.1, 0.15) is 47.4 Å². The normalized spacial score (nSPS) is 11.4. The number of rotatable bonds is 7. The van der Waals surface area contributed by atoms with E-state index in [9.17, 15) is 4.79 Å². The summed E-state index contributed by atoms with van der Waals surface area (Å²) < 4.78 is 5.73. The Labute approximate surface area is 163 Å². The van der Waals surface area contributed by atoms with Crippen molar-refractivity contribution < 1.29 is 9.21 Å². The first kappa shape index (κ1) is 18.2. The van der Waals surface area contributed by atoms with Crippen molar-refractivity contribution >= 4 is 28.0 Å². The number of fused-ring (bicyclic) bond motifs is 2. The number of carbonyl (C=O) groups is 1. The molecule has 0 aliphatic rings. The first-order valence-corrected chi connectivity index (χ1v) is 9.76. The topological polar surface area (TPSA) is 83.8 Å². The SMILES string of the molecule is CCCCc1nc2cc(C(=O)NCCc3nc4c(C)cccc4[nH]3)ccc2o1. The minimum absolute atomic E-state index is 0.118. The van der Waals surface area contributed by atoms with Crippen LogP contribution < -0.4 is 5.32 Å². The minimum Gasteiger partial charge on any atom is -0.441 e. The zero-order valence-corrected chi connectivity index (χ0v) is 16.2. The maximum atomic E-state index is 12.5. The van der Waals surface area contributed by atoms with Crippen LogP contribution in [-0.2, 0) is 12.8 Å². The molecule has 6 nitrogen and oxygen atoms in total. The van der Waals surface area contributed by atoms with Crippen LogP contribution in [0.2, 0.25) is 0 Å². The Morgan fingerprint density at radius 1 is 1.18 bits per heavy atom. The predicted octanol–water partition coefficient (Wildman–Crippen LogP) is 4.33. The van der Waals surface area contributed by atoms with Crippen LogP contribution in [0.15, 0.2) is 40.8 Å². The van der Waals surface area contributed by atoms with E-state index in [-0.39, 0.29) is 5.91 Å². The lowest BCUT2D eigenvalue weighted by Crippen LogP contribution is -2.25. The average molecular weight is 376 g/mol. The number of hydrogen-bond donors (Lipinski definition) is 2. The third-order valence-corrected chi connectivity index (χ3v) is 4.85. The Bertz CT molecular complexity index is 1130. The Morgan fingerprint density at radius 2 is 2.07 bits per heavy atom. The summed E-state index contributed by atoms with van der Waals surface area (Å²) in [6.45, 7) is 4.69. The zero-order chi connectivity index (χ0) is 19.5. The van der Waals surface area contributed by atoms with Crippen LogP contribution in [0.4, 0.5) is 0 Å². The largest absolute Gasteiger partial charge is 0.441 e. The van der Waals surface area contributed by atoms with Crippen molar-refractivity contribution in [1.29, 1.82) is 0 Å². The van der Waals surface area contributed by atoms with Gasteiger partial charge in [0.15, 0.2) is 11.5 Å². The Balaban J connectivity index is 1.39. The Hall–Kier alpha value is -3.15. The highest BCUT2D eigenvalue weighted by atomic mass is 16.3. The molecular formula is C22H24N4O2. The molecule has 0 atom stereocenters. The highest BCUT2D eigenvalue weighted by Crippen LogP contribution is 2.19. The number of imidazole rings is 1. The molecule has 4 aromatic rings. The van der Waals surface area contributed by atoms with E-state index in [1.54, 1.807) is 12.1 Å². The summed E-state index contributed by atoms with van der Waals surface area (Å²) in [6, 6.07) is 11.4. The van der Waals surface area contributed by atoms with Gasteiger partial charge in [-0.2, -0.15) is 0 Å². The molecule has 2 N–H and O–H groups in total. The van der Waals surface area contributed by atoms with Gasteiger partial charge in [-0.15, -0.1) is 0 Å². The van der Waals surface area contributed by atoms with Gasteiger partial charge in [0.05, 0.1) is 11.0 Å². The number of unbranched alkanes of at least 4 members (excludes halogenated alkanes) is 1. The fourth-order valence-electron chi connectivity index (χ4n) is 3.29. The number of amides is 1. The van der Waals surface area contributed by atoms with E-state index in [0.717, 1.165) is 58.7 Å². The molecule has 28 heavy (non-hydrogen) atoms. The summed E-state index contributed by atoms with van der Waals surface area (Å²) in [5.74, 6) is 1.49. The van der Waals surface area contributed by atoms with Crippen molar-refractivity contribution in [3.63, 3.8) is 0 Å². The van der Waals surface area contributed by atoms with Crippen molar-refractivity contribution in [2.75, 3.05) is 6.54 Å². The van der Waals surface area contributed by atoms with Crippen LogP contribution in [0.5, 0.6) is 0 Å². The fourth-order valence-corrected chi connectivity index (χ4v) is 3.29. The van der Waals surface area contributed by atoms with E-state index in [2.05, 4.69) is 27.2 Å². The van der Waals surface area contributed by atoms with E-state index in [0.29, 0.717) is 18.5 Å². The Kier molecular flexibility index (Phi) is 5.10. The number of aromatic amines is 1. The summed E-state index contributed by atoms with van der Waals surface area (Å²) in [6.07, 6.45) is 3.61. The van der Waals surface area contributed by atoms with Gasteiger partial charge < -0.3 is 14.7 Å². The first-order chi connectivity index (χ1) is 13.6. The summed E-state index contributed by atoms with van der Waals surface area (Å²) in [5.41, 5.74) is 5.19. The third kappa shape index (κ3) is 3.76. The maximum absolute atomic E-state index is 12.5. The van der Waals surface area contributed by atoms with Crippen LogP contribution >= 0.6 is 0 Å². The molecule has 0 fully saturated rings. The smallest absolute Gasteiger partial charge is 0.251 e. The number of benzene rings is 2. The van der Waals surface area contributed by atoms with Crippen LogP contribution in [0.25, 0.3) is 22.1 Å². The number of carbonyl (C=O) groups excluding carboxylic acids is 1. The molecule has 1 amide bonds. The van der Waals surface area contributed by atoms with Gasteiger partial charge in [0.25, 0.3) is 5.91 Å². The first-order valence-electron chi connectivity index (χ1n) is 9.76. The second-order valence-electron chi connectivity index (χ2n) is 7.05. The van der Waals surface area contributed by atoms with Gasteiger partial charge in [-0.25, -0.2) is 9.97 Å². The third-order valence-electron chi connectivity index (χ3n) is 4.85. The number of hydrogen-bond acceptors (Lipinski definition) is 4. The minimum atomic E-state index is -0.118. The van der Waals surface area contributed by atoms with Gasteiger partial charge in [-0.1, -0.05) is 25.5 Å². The molecule has 0 radical (unpaired) electrons. The lowest BCUT2D eigenvalue weighted by molar-refractivity contribution is 0.0954. The molecule has 144 valence electrons. The molecule has 0 aliphatic heterocycles. The number of oxazole rings is 1. The molecule has 0 unspecified atom stereocenters. The number of nitrogens with one attached hydrogen (secondary N) is 2. The molecule has 0 saturated heterocycles. The van der Waals surface area contributed by atoms with Crippen molar-refractivity contribution in [2.24, 2.45) is 0 Å². The van der Waals surface area contributed by atoms with E-state index >= 15 is 0 Å². The number of H-pyrrole nitrogens is 1. The number of aryl methyl sites for hydroxylation is 2. The van der Waals surface area contributed by atoms with Gasteiger partial charge in [-0.3, -0.25) is 4.79 Å². The summed E-state index contributed by atoms with van der Waals surface area (Å²) >= 11 is 0. The molecule has 6 heteroatoms. The zero-order valence-electron chi connectivity index (χ0n) is 16.2. The van der Waals surface area contributed by atoms with Gasteiger partial charge in [0.1, 0.15) is 11.3 Å². The monoisotopic (exact) mass is 376 g/mol. The van der Waals surface area contributed by atoms with Crippen LogP contribution in [-0.4, -0.2) is 27.4 Å². The van der Waals surface area contributed by atoms with Gasteiger partial charge in [0.2, 0.25) is 0 Å². The van der Waals surface area contributed by atoms with Gasteiger partial charge in [0, 0.05) is 24.9 Å². The highest BCUT2D eigenvalue weighted by Gasteiger charge is 2.11. The van der Waals surface area contributed by atoms with Crippen molar-refractivity contribution in [3.05, 3.63) is 59.2 Å². The number of aromatic nitrogens is 3. The standard InChI is InChI=1S/C22H24N4O2/c1-3-4-8-20-25-17-13-15(9-10-18(17)28-20)22(27)23-12-11-19-24-16-7-5-6-14(2)21(16)26-19/h5-7,9-10,13H,3-4,8,11-12H2,1-2H3,(H,23,27)(H,24,26). The maximum Gasteiger partial charge on any atom is 0.251 e. The van der Waals surface area contributed by atoms with Crippen molar-refractivity contribution in [1.82, 2.24) is 20.3 Å². The molecular weight excluding hydrogens is 352 g/mol. The summed E-state index contributed by atoms with van der Waals surface area (Å²) in [5, 5.41) is 2.95.